The van der Waals surface area contributed by atoms with Crippen LogP contribution < -0.4 is 10.2 Å². The van der Waals surface area contributed by atoms with Crippen molar-refractivity contribution < 1.29 is 23.6 Å². The minimum atomic E-state index is -2.64. The molecule has 116 valence electrons. The lowest BCUT2D eigenvalue weighted by molar-refractivity contribution is 0.0821. The third-order valence-electron chi connectivity index (χ3n) is 3.08. The standard InChI is InChI=1S/C15H21BF2O3/c1-9(2)11-6-10(15(3,4)5)7-12(16(19)20)14(11)21-8-13(17)18/h6-7,13,19-20H,1,8H2,2-5H3. The Morgan fingerprint density at radius 3 is 2.29 bits per heavy atom. The molecule has 0 aromatic heterocycles. The molecule has 2 N–H and O–H groups in total. The Balaban J connectivity index is 3.47. The molecule has 0 atom stereocenters. The van der Waals surface area contributed by atoms with Crippen LogP contribution in [0.3, 0.4) is 0 Å². The Labute approximate surface area is 124 Å². The normalized spacial score (nSPS) is 11.7. The molecule has 1 aromatic rings. The summed E-state index contributed by atoms with van der Waals surface area (Å²) in [5.41, 5.74) is 1.78. The van der Waals surface area contributed by atoms with Crippen LogP contribution in [0.15, 0.2) is 18.7 Å². The molecule has 1 rings (SSSR count). The average molecular weight is 298 g/mol. The van der Waals surface area contributed by atoms with E-state index < -0.39 is 20.2 Å². The molecule has 0 aliphatic carbocycles. The van der Waals surface area contributed by atoms with Gasteiger partial charge in [0.05, 0.1) is 0 Å². The van der Waals surface area contributed by atoms with Gasteiger partial charge in [-0.25, -0.2) is 8.78 Å². The fraction of sp³-hybridized carbons (Fsp3) is 0.467. The zero-order valence-corrected chi connectivity index (χ0v) is 12.8. The van der Waals surface area contributed by atoms with Gasteiger partial charge in [0.15, 0.2) is 0 Å². The lowest BCUT2D eigenvalue weighted by atomic mass is 9.73. The van der Waals surface area contributed by atoms with Gasteiger partial charge in [0, 0.05) is 11.0 Å². The Morgan fingerprint density at radius 2 is 1.90 bits per heavy atom. The molecular weight excluding hydrogens is 277 g/mol. The number of hydrogen-bond acceptors (Lipinski definition) is 3. The second-order valence-corrected chi connectivity index (χ2v) is 6.05. The van der Waals surface area contributed by atoms with Gasteiger partial charge >= 0.3 is 7.12 Å². The van der Waals surface area contributed by atoms with Crippen LogP contribution in [0.4, 0.5) is 8.78 Å². The van der Waals surface area contributed by atoms with Gasteiger partial charge in [-0.3, -0.25) is 0 Å². The van der Waals surface area contributed by atoms with Gasteiger partial charge in [0.1, 0.15) is 12.4 Å². The fourth-order valence-electron chi connectivity index (χ4n) is 1.90. The van der Waals surface area contributed by atoms with E-state index in [1.807, 2.05) is 20.8 Å². The number of allylic oxidation sites excluding steroid dienone is 1. The monoisotopic (exact) mass is 298 g/mol. The minimum absolute atomic E-state index is 0.0470. The molecule has 21 heavy (non-hydrogen) atoms. The van der Waals surface area contributed by atoms with Crippen LogP contribution in [-0.2, 0) is 5.41 Å². The first-order valence-electron chi connectivity index (χ1n) is 6.65. The quantitative estimate of drug-likeness (QED) is 0.820. The van der Waals surface area contributed by atoms with E-state index in [-0.39, 0.29) is 16.6 Å². The van der Waals surface area contributed by atoms with Crippen molar-refractivity contribution in [3.05, 3.63) is 29.8 Å². The lowest BCUT2D eigenvalue weighted by Crippen LogP contribution is -2.34. The maximum Gasteiger partial charge on any atom is 0.492 e. The van der Waals surface area contributed by atoms with E-state index in [1.54, 1.807) is 19.1 Å². The maximum absolute atomic E-state index is 12.4. The van der Waals surface area contributed by atoms with Gasteiger partial charge in [-0.15, -0.1) is 0 Å². The zero-order valence-electron chi connectivity index (χ0n) is 12.8. The summed E-state index contributed by atoms with van der Waals surface area (Å²) >= 11 is 0. The van der Waals surface area contributed by atoms with Crippen molar-refractivity contribution in [1.29, 1.82) is 0 Å². The van der Waals surface area contributed by atoms with E-state index in [9.17, 15) is 18.8 Å². The van der Waals surface area contributed by atoms with Crippen molar-refractivity contribution in [2.45, 2.75) is 39.5 Å². The molecule has 0 spiro atoms. The van der Waals surface area contributed by atoms with Crippen LogP contribution in [0.1, 0.15) is 38.8 Å². The van der Waals surface area contributed by atoms with Crippen molar-refractivity contribution in [3.63, 3.8) is 0 Å². The van der Waals surface area contributed by atoms with Crippen LogP contribution in [-0.4, -0.2) is 30.2 Å². The van der Waals surface area contributed by atoms with E-state index in [4.69, 9.17) is 4.74 Å². The Kier molecular flexibility index (Phi) is 5.53. The second-order valence-electron chi connectivity index (χ2n) is 6.05. The molecule has 0 radical (unpaired) electrons. The smallest absolute Gasteiger partial charge is 0.487 e. The van der Waals surface area contributed by atoms with Crippen molar-refractivity contribution in [3.8, 4) is 5.75 Å². The number of rotatable bonds is 5. The van der Waals surface area contributed by atoms with E-state index in [2.05, 4.69) is 6.58 Å². The van der Waals surface area contributed by atoms with Gasteiger partial charge in [0.25, 0.3) is 6.43 Å². The molecule has 6 heteroatoms. The minimum Gasteiger partial charge on any atom is -0.487 e. The third-order valence-corrected chi connectivity index (χ3v) is 3.08. The SMILES string of the molecule is C=C(C)c1cc(C(C)(C)C)cc(B(O)O)c1OCC(F)F. The summed E-state index contributed by atoms with van der Waals surface area (Å²) in [7, 11) is -1.81. The molecule has 3 nitrogen and oxygen atoms in total. The van der Waals surface area contributed by atoms with E-state index in [1.165, 1.54) is 0 Å². The van der Waals surface area contributed by atoms with Crippen molar-refractivity contribution in [1.82, 2.24) is 0 Å². The Bertz CT molecular complexity index is 522. The molecule has 0 bridgehead atoms. The summed E-state index contributed by atoms with van der Waals surface area (Å²) in [6, 6.07) is 3.35. The molecule has 0 amide bonds. The second kappa shape index (κ2) is 6.58. The molecule has 0 fully saturated rings. The summed E-state index contributed by atoms with van der Waals surface area (Å²) < 4.78 is 29.9. The molecule has 0 aliphatic rings. The summed E-state index contributed by atoms with van der Waals surface area (Å²) in [5, 5.41) is 19.0. The number of benzene rings is 1. The molecule has 0 aliphatic heterocycles. The third kappa shape index (κ3) is 4.54. The molecule has 0 saturated carbocycles. The molecule has 0 saturated heterocycles. The van der Waals surface area contributed by atoms with Crippen LogP contribution in [0.2, 0.25) is 0 Å². The van der Waals surface area contributed by atoms with Crippen LogP contribution in [0.25, 0.3) is 5.57 Å². The first-order valence-corrected chi connectivity index (χ1v) is 6.65. The van der Waals surface area contributed by atoms with Gasteiger partial charge in [-0.05, 0) is 29.5 Å². The lowest BCUT2D eigenvalue weighted by Gasteiger charge is -2.24. The average Bonchev–Trinajstić information content (AvgIpc) is 2.33. The highest BCUT2D eigenvalue weighted by atomic mass is 19.3. The number of alkyl halides is 2. The largest absolute Gasteiger partial charge is 0.492 e. The predicted octanol–water partition coefficient (Wildman–Crippen LogP) is 2.34. The van der Waals surface area contributed by atoms with Crippen LogP contribution in [0.5, 0.6) is 5.75 Å². The van der Waals surface area contributed by atoms with Gasteiger partial charge in [-0.2, -0.15) is 0 Å². The highest BCUT2D eigenvalue weighted by Crippen LogP contribution is 2.30. The molecule has 0 unspecified atom stereocenters. The topological polar surface area (TPSA) is 49.7 Å². The van der Waals surface area contributed by atoms with E-state index in [0.29, 0.717) is 11.1 Å². The summed E-state index contributed by atoms with van der Waals surface area (Å²) in [5.74, 6) is 0.0470. The van der Waals surface area contributed by atoms with E-state index in [0.717, 1.165) is 5.56 Å². The van der Waals surface area contributed by atoms with Crippen LogP contribution in [0, 0.1) is 0 Å². The number of hydrogen-bond donors (Lipinski definition) is 2. The highest BCUT2D eigenvalue weighted by molar-refractivity contribution is 6.60. The first kappa shape index (κ1) is 17.7. The van der Waals surface area contributed by atoms with Gasteiger partial charge in [0.2, 0.25) is 0 Å². The first-order chi connectivity index (χ1) is 9.54. The fourth-order valence-corrected chi connectivity index (χ4v) is 1.90. The summed E-state index contributed by atoms with van der Waals surface area (Å²) in [6.07, 6.45) is -2.64. The molecule has 1 aromatic carbocycles. The number of ether oxygens (including phenoxy) is 1. The van der Waals surface area contributed by atoms with E-state index >= 15 is 0 Å². The number of halogens is 2. The Morgan fingerprint density at radius 1 is 1.33 bits per heavy atom. The zero-order chi connectivity index (χ0) is 16.4. The summed E-state index contributed by atoms with van der Waals surface area (Å²) in [4.78, 5) is 0. The Hall–Kier alpha value is -1.40. The van der Waals surface area contributed by atoms with Gasteiger partial charge < -0.3 is 14.8 Å². The van der Waals surface area contributed by atoms with Crippen LogP contribution >= 0.6 is 0 Å². The maximum atomic E-state index is 12.4. The molecule has 0 heterocycles. The van der Waals surface area contributed by atoms with Crippen molar-refractivity contribution in [2.24, 2.45) is 0 Å². The molecular formula is C15H21BF2O3. The summed E-state index contributed by atoms with van der Waals surface area (Å²) in [6.45, 7) is 10.6. The predicted molar refractivity (Wildman–Crippen MR) is 81.2 cm³/mol. The van der Waals surface area contributed by atoms with Gasteiger partial charge in [-0.1, -0.05) is 33.4 Å². The highest BCUT2D eigenvalue weighted by Gasteiger charge is 2.26. The van der Waals surface area contributed by atoms with Crippen molar-refractivity contribution >= 4 is 18.2 Å². The van der Waals surface area contributed by atoms with Crippen molar-refractivity contribution in [2.75, 3.05) is 6.61 Å².